The zero-order valence-electron chi connectivity index (χ0n) is 22.5. The van der Waals surface area contributed by atoms with Gasteiger partial charge in [0.25, 0.3) is 5.56 Å². The molecule has 238 valence electrons. The van der Waals surface area contributed by atoms with Crippen LogP contribution in [0.1, 0.15) is 18.7 Å². The fourth-order valence-corrected chi connectivity index (χ4v) is 4.60. The number of carbonyl (C=O) groups excluding carboxylic acids is 3. The maximum Gasteiger partial charge on any atom is 0.404 e. The van der Waals surface area contributed by atoms with Crippen molar-refractivity contribution in [3.05, 3.63) is 44.2 Å². The molecular weight excluding hydrogens is 584 g/mol. The number of hydrogen-bond donors (Lipinski definition) is 10. The lowest BCUT2D eigenvalue weighted by Crippen LogP contribution is -2.67. The largest absolute Gasteiger partial charge is 0.479 e. The lowest BCUT2D eigenvalue weighted by Gasteiger charge is -2.43. The van der Waals surface area contributed by atoms with Gasteiger partial charge in [-0.1, -0.05) is 6.08 Å². The van der Waals surface area contributed by atoms with Crippen molar-refractivity contribution >= 4 is 23.9 Å². The SMILES string of the molecule is C/C=C1\CN(C(=O)[C@@H](NC(=O)[C@@H](N)[C@H](O)[C@@H](O)COC(N)=O)[C@H]2O[C@@H](n3cc(CO)c(=O)[nH]c3=O)[C@H](O)[C@@H]2O)[C@H]1C(=O)O. The predicted molar refractivity (Wildman–Crippen MR) is 138 cm³/mol. The molecule has 1 aromatic rings. The van der Waals surface area contributed by atoms with E-state index in [1.165, 1.54) is 13.0 Å². The number of allylic oxidation sites excluding steroid dienone is 1. The summed E-state index contributed by atoms with van der Waals surface area (Å²) < 4.78 is 10.6. The smallest absolute Gasteiger partial charge is 0.404 e. The Bertz CT molecular complexity index is 1390. The number of hydrogen-bond acceptors (Lipinski definition) is 14. The molecule has 20 nitrogen and oxygen atoms in total. The molecule has 43 heavy (non-hydrogen) atoms. The molecule has 0 aromatic carbocycles. The monoisotopic (exact) mass is 616 g/mol. The van der Waals surface area contributed by atoms with Crippen LogP contribution in [0.2, 0.25) is 0 Å². The van der Waals surface area contributed by atoms with Gasteiger partial charge in [-0.15, -0.1) is 0 Å². The molecule has 0 saturated carbocycles. The van der Waals surface area contributed by atoms with Crippen molar-refractivity contribution in [2.75, 3.05) is 13.2 Å². The molecule has 0 radical (unpaired) electrons. The molecule has 3 heterocycles. The van der Waals surface area contributed by atoms with Gasteiger partial charge in [0.1, 0.15) is 49.2 Å². The highest BCUT2D eigenvalue weighted by molar-refractivity contribution is 5.95. The Labute approximate surface area is 240 Å². The van der Waals surface area contributed by atoms with Crippen molar-refractivity contribution < 1.29 is 59.3 Å². The van der Waals surface area contributed by atoms with Crippen molar-refractivity contribution in [2.45, 2.75) is 68.4 Å². The summed E-state index contributed by atoms with van der Waals surface area (Å²) in [7, 11) is 0. The standard InChI is InChI=1S/C23H32N6O14/c1-2-7-3-28(12(7)21(38)39)19(37)11(26-18(36)10(24)13(32)9(31)6-42-22(25)40)16-14(33)15(34)20(43-16)29-4-8(5-30)17(35)27-23(29)41/h2,4,9-16,20,30-34H,3,5-6,24H2,1H3,(H2,25,40)(H,26,36)(H,38,39)(H,27,35,41)/b7-2+/t9-,10-,11-,12+,13+,14-,15+,16+,20+/m0/s1. The number of likely N-dealkylation sites (tertiary alicyclic amines) is 1. The minimum Gasteiger partial charge on any atom is -0.479 e. The number of H-pyrrole nitrogens is 1. The van der Waals surface area contributed by atoms with E-state index in [9.17, 15) is 59.4 Å². The second kappa shape index (κ2) is 13.4. The lowest BCUT2D eigenvalue weighted by molar-refractivity contribution is -0.157. The Morgan fingerprint density at radius 2 is 1.88 bits per heavy atom. The van der Waals surface area contributed by atoms with E-state index < -0.39 is 103 Å². The summed E-state index contributed by atoms with van der Waals surface area (Å²) in [4.78, 5) is 76.2. The van der Waals surface area contributed by atoms with Gasteiger partial charge in [-0.3, -0.25) is 23.9 Å². The van der Waals surface area contributed by atoms with Crippen LogP contribution in [0.25, 0.3) is 0 Å². The van der Waals surface area contributed by atoms with Gasteiger partial charge in [-0.25, -0.2) is 14.4 Å². The first kappa shape index (κ1) is 33.3. The Morgan fingerprint density at radius 1 is 1.23 bits per heavy atom. The molecule has 3 rings (SSSR count). The van der Waals surface area contributed by atoms with Crippen LogP contribution in [0.15, 0.2) is 27.4 Å². The number of primary amides is 1. The maximum atomic E-state index is 13.6. The number of aromatic amines is 1. The van der Waals surface area contributed by atoms with Gasteiger partial charge in [0, 0.05) is 12.7 Å². The van der Waals surface area contributed by atoms with E-state index in [4.69, 9.17) is 16.2 Å². The summed E-state index contributed by atoms with van der Waals surface area (Å²) in [6, 6.07) is -5.47. The van der Waals surface area contributed by atoms with Crippen molar-refractivity contribution in [3.63, 3.8) is 0 Å². The van der Waals surface area contributed by atoms with E-state index in [0.29, 0.717) is 10.1 Å². The molecular formula is C23H32N6O14. The van der Waals surface area contributed by atoms with Gasteiger partial charge in [-0.2, -0.15) is 0 Å². The van der Waals surface area contributed by atoms with E-state index in [0.717, 1.165) is 11.1 Å². The van der Waals surface area contributed by atoms with E-state index in [-0.39, 0.29) is 12.1 Å². The van der Waals surface area contributed by atoms with Crippen LogP contribution >= 0.6 is 0 Å². The van der Waals surface area contributed by atoms with Crippen molar-refractivity contribution in [3.8, 4) is 0 Å². The number of nitrogens with one attached hydrogen (secondary N) is 2. The first-order valence-electron chi connectivity index (χ1n) is 12.6. The van der Waals surface area contributed by atoms with Gasteiger partial charge in [0.05, 0.1) is 12.2 Å². The molecule has 3 amide bonds. The summed E-state index contributed by atoms with van der Waals surface area (Å²) >= 11 is 0. The van der Waals surface area contributed by atoms with E-state index in [1.807, 2.05) is 4.98 Å². The fraction of sp³-hybridized carbons (Fsp3) is 0.565. The molecule has 0 aliphatic carbocycles. The second-order valence-electron chi connectivity index (χ2n) is 9.72. The van der Waals surface area contributed by atoms with E-state index in [2.05, 4.69) is 10.1 Å². The minimum atomic E-state index is -2.09. The number of rotatable bonds is 11. The zero-order valence-corrected chi connectivity index (χ0v) is 22.5. The molecule has 20 heteroatoms. The van der Waals surface area contributed by atoms with Gasteiger partial charge in [-0.05, 0) is 12.5 Å². The highest BCUT2D eigenvalue weighted by Gasteiger charge is 2.54. The van der Waals surface area contributed by atoms with Crippen molar-refractivity contribution in [1.29, 1.82) is 0 Å². The van der Waals surface area contributed by atoms with Crippen LogP contribution in [0.4, 0.5) is 4.79 Å². The number of nitrogens with two attached hydrogens (primary N) is 2. The molecule has 2 fully saturated rings. The van der Waals surface area contributed by atoms with Crippen LogP contribution in [0, 0.1) is 0 Å². The van der Waals surface area contributed by atoms with Crippen LogP contribution in [0.3, 0.4) is 0 Å². The lowest BCUT2D eigenvalue weighted by atomic mass is 9.92. The number of amides is 3. The molecule has 12 N–H and O–H groups in total. The minimum absolute atomic E-state index is 0.204. The zero-order chi connectivity index (χ0) is 32.3. The van der Waals surface area contributed by atoms with Crippen LogP contribution in [0.5, 0.6) is 0 Å². The molecule has 1 aromatic heterocycles. The topological polar surface area (TPSA) is 330 Å². The number of aliphatic hydroxyl groups excluding tert-OH is 5. The molecule has 2 aliphatic rings. The Kier molecular flexibility index (Phi) is 10.4. The second-order valence-corrected chi connectivity index (χ2v) is 9.72. The summed E-state index contributed by atoms with van der Waals surface area (Å²) in [6.07, 6.45) is -10.7. The Morgan fingerprint density at radius 3 is 2.44 bits per heavy atom. The Balaban J connectivity index is 1.95. The Hall–Kier alpha value is -4.18. The molecule has 2 saturated heterocycles. The number of carboxylic acids is 1. The molecule has 0 unspecified atom stereocenters. The molecule has 0 spiro atoms. The molecule has 0 bridgehead atoms. The number of ether oxygens (including phenoxy) is 2. The number of nitrogens with zero attached hydrogens (tertiary/aromatic N) is 2. The van der Waals surface area contributed by atoms with E-state index >= 15 is 0 Å². The summed E-state index contributed by atoms with van der Waals surface area (Å²) in [5.41, 5.74) is 8.46. The predicted octanol–water partition coefficient (Wildman–Crippen LogP) is -6.48. The number of aliphatic carboxylic acids is 1. The average Bonchev–Trinajstić information content (AvgIpc) is 3.22. The number of carboxylic acid groups (broad SMARTS) is 1. The third-order valence-electron chi connectivity index (χ3n) is 7.02. The third-order valence-corrected chi connectivity index (χ3v) is 7.02. The first-order valence-corrected chi connectivity index (χ1v) is 12.6. The fourth-order valence-electron chi connectivity index (χ4n) is 4.60. The van der Waals surface area contributed by atoms with Crippen LogP contribution in [-0.4, -0.2) is 131 Å². The molecule has 9 atom stereocenters. The maximum absolute atomic E-state index is 13.6. The van der Waals surface area contributed by atoms with E-state index in [1.54, 1.807) is 0 Å². The summed E-state index contributed by atoms with van der Waals surface area (Å²) in [5, 5.41) is 63.0. The highest BCUT2D eigenvalue weighted by atomic mass is 16.6. The quantitative estimate of drug-likeness (QED) is 0.103. The van der Waals surface area contributed by atoms with Crippen LogP contribution < -0.4 is 28.0 Å². The third kappa shape index (κ3) is 6.74. The summed E-state index contributed by atoms with van der Waals surface area (Å²) in [5.74, 6) is -3.89. The van der Waals surface area contributed by atoms with Gasteiger partial charge in [0.15, 0.2) is 12.3 Å². The highest BCUT2D eigenvalue weighted by Crippen LogP contribution is 2.33. The van der Waals surface area contributed by atoms with Crippen LogP contribution in [-0.2, 0) is 30.5 Å². The first-order chi connectivity index (χ1) is 20.1. The number of aliphatic hydroxyl groups is 5. The van der Waals surface area contributed by atoms with Gasteiger partial charge in [0.2, 0.25) is 11.8 Å². The molecule has 2 aliphatic heterocycles. The van der Waals surface area contributed by atoms with Crippen molar-refractivity contribution in [2.24, 2.45) is 11.5 Å². The van der Waals surface area contributed by atoms with Crippen molar-refractivity contribution in [1.82, 2.24) is 19.8 Å². The van der Waals surface area contributed by atoms with Gasteiger partial charge < -0.3 is 61.8 Å². The number of aromatic nitrogens is 2. The normalized spacial score (nSPS) is 27.1. The average molecular weight is 617 g/mol. The summed E-state index contributed by atoms with van der Waals surface area (Å²) in [6.45, 7) is -0.350. The number of carbonyl (C=O) groups is 4. The van der Waals surface area contributed by atoms with Gasteiger partial charge >= 0.3 is 17.8 Å².